The molecule has 164 valence electrons. The van der Waals surface area contributed by atoms with Crippen LogP contribution in [-0.2, 0) is 0 Å². The Kier molecular flexibility index (Phi) is 9.43. The minimum Gasteiger partial charge on any atom is -0.494 e. The van der Waals surface area contributed by atoms with Crippen molar-refractivity contribution < 1.29 is 9.47 Å². The van der Waals surface area contributed by atoms with Crippen LogP contribution in [0.25, 0.3) is 23.1 Å². The first-order valence-electron chi connectivity index (χ1n) is 11.7. The minimum absolute atomic E-state index is 0.617. The minimum atomic E-state index is 0.617. The highest BCUT2D eigenvalue weighted by Crippen LogP contribution is 2.25. The normalized spacial score (nSPS) is 11.3. The molecular formula is C28H35NO2. The molecule has 0 saturated carbocycles. The molecule has 1 aromatic heterocycles. The van der Waals surface area contributed by atoms with Crippen molar-refractivity contribution in [1.29, 1.82) is 0 Å². The molecule has 0 amide bonds. The van der Waals surface area contributed by atoms with E-state index in [4.69, 9.17) is 14.5 Å². The van der Waals surface area contributed by atoms with E-state index in [-0.39, 0.29) is 0 Å². The van der Waals surface area contributed by atoms with E-state index in [1.54, 1.807) is 0 Å². The lowest BCUT2D eigenvalue weighted by molar-refractivity contribution is 0.304. The van der Waals surface area contributed by atoms with Crippen LogP contribution in [0.4, 0.5) is 0 Å². The number of hydrogen-bond donors (Lipinski definition) is 0. The summed E-state index contributed by atoms with van der Waals surface area (Å²) in [4.78, 5) is 4.77. The zero-order valence-electron chi connectivity index (χ0n) is 19.0. The van der Waals surface area contributed by atoms with Gasteiger partial charge >= 0.3 is 0 Å². The number of benzene rings is 2. The largest absolute Gasteiger partial charge is 0.494 e. The lowest BCUT2D eigenvalue weighted by atomic mass is 10.1. The smallest absolute Gasteiger partial charge is 0.145 e. The highest BCUT2D eigenvalue weighted by Gasteiger charge is 2.05. The van der Waals surface area contributed by atoms with Crippen LogP contribution in [0.1, 0.15) is 70.1 Å². The average molecular weight is 418 g/mol. The van der Waals surface area contributed by atoms with Crippen LogP contribution in [0.5, 0.6) is 11.5 Å². The van der Waals surface area contributed by atoms with Crippen LogP contribution in [-0.4, -0.2) is 18.2 Å². The van der Waals surface area contributed by atoms with Crippen LogP contribution >= 0.6 is 0 Å². The lowest BCUT2D eigenvalue weighted by Gasteiger charge is -2.09. The maximum Gasteiger partial charge on any atom is 0.145 e. The fourth-order valence-corrected chi connectivity index (χ4v) is 3.60. The van der Waals surface area contributed by atoms with E-state index < -0.39 is 0 Å². The van der Waals surface area contributed by atoms with Gasteiger partial charge in [0.1, 0.15) is 17.2 Å². The van der Waals surface area contributed by atoms with E-state index in [0.29, 0.717) is 6.61 Å². The summed E-state index contributed by atoms with van der Waals surface area (Å²) >= 11 is 0. The van der Waals surface area contributed by atoms with E-state index in [1.807, 2.05) is 43.3 Å². The van der Waals surface area contributed by atoms with Crippen molar-refractivity contribution >= 4 is 23.1 Å². The van der Waals surface area contributed by atoms with Gasteiger partial charge < -0.3 is 9.47 Å². The third kappa shape index (κ3) is 7.43. The topological polar surface area (TPSA) is 31.4 Å². The molecule has 0 bridgehead atoms. The summed E-state index contributed by atoms with van der Waals surface area (Å²) in [6.07, 6.45) is 13.2. The average Bonchev–Trinajstić information content (AvgIpc) is 2.80. The molecule has 3 heteroatoms. The number of rotatable bonds is 13. The first-order valence-corrected chi connectivity index (χ1v) is 11.7. The van der Waals surface area contributed by atoms with Crippen molar-refractivity contribution in [2.24, 2.45) is 0 Å². The summed E-state index contributed by atoms with van der Waals surface area (Å²) in [6.45, 7) is 5.66. The second-order valence-corrected chi connectivity index (χ2v) is 7.87. The second kappa shape index (κ2) is 12.8. The van der Waals surface area contributed by atoms with Crippen molar-refractivity contribution in [3.05, 3.63) is 65.9 Å². The maximum atomic E-state index is 5.89. The van der Waals surface area contributed by atoms with Gasteiger partial charge in [0.25, 0.3) is 0 Å². The number of unbranched alkanes of at least 4 members (excludes halogenated alkanes) is 6. The number of para-hydroxylation sites is 1. The Bertz CT molecular complexity index is 947. The highest BCUT2D eigenvalue weighted by atomic mass is 16.5. The Labute approximate surface area is 187 Å². The third-order valence-corrected chi connectivity index (χ3v) is 5.35. The third-order valence-electron chi connectivity index (χ3n) is 5.35. The number of ether oxygens (including phenoxy) is 2. The number of pyridine rings is 1. The predicted octanol–water partition coefficient (Wildman–Crippen LogP) is 7.93. The van der Waals surface area contributed by atoms with E-state index in [1.165, 1.54) is 38.5 Å². The Balaban J connectivity index is 1.53. The molecule has 3 aromatic rings. The molecule has 0 fully saturated rings. The second-order valence-electron chi connectivity index (χ2n) is 7.87. The zero-order valence-corrected chi connectivity index (χ0v) is 19.0. The van der Waals surface area contributed by atoms with Gasteiger partial charge in [-0.25, -0.2) is 4.98 Å². The fraction of sp³-hybridized carbons (Fsp3) is 0.393. The van der Waals surface area contributed by atoms with Gasteiger partial charge in [0.2, 0.25) is 0 Å². The summed E-state index contributed by atoms with van der Waals surface area (Å²) in [5, 5.41) is 1.09. The SMILES string of the molecule is CCCCCCCCCOc1ccc(/C=C/c2nc3ccccc3cc2OCC)cc1. The molecule has 0 N–H and O–H groups in total. The first kappa shape index (κ1) is 22.9. The van der Waals surface area contributed by atoms with Gasteiger partial charge in [-0.3, -0.25) is 0 Å². The Morgan fingerprint density at radius 2 is 1.52 bits per heavy atom. The van der Waals surface area contributed by atoms with Crippen LogP contribution in [0.15, 0.2) is 54.6 Å². The van der Waals surface area contributed by atoms with Gasteiger partial charge in [-0.1, -0.05) is 81.9 Å². The Hall–Kier alpha value is -2.81. The molecule has 0 aliphatic carbocycles. The van der Waals surface area contributed by atoms with Crippen molar-refractivity contribution in [2.75, 3.05) is 13.2 Å². The maximum absolute atomic E-state index is 5.89. The molecular weight excluding hydrogens is 382 g/mol. The molecule has 0 radical (unpaired) electrons. The van der Waals surface area contributed by atoms with Gasteiger partial charge in [0.05, 0.1) is 18.7 Å². The predicted molar refractivity (Wildman–Crippen MR) is 132 cm³/mol. The van der Waals surface area contributed by atoms with Crippen LogP contribution in [0.2, 0.25) is 0 Å². The molecule has 0 saturated heterocycles. The molecule has 3 rings (SSSR count). The zero-order chi connectivity index (χ0) is 21.7. The standard InChI is InChI=1S/C28H35NO2/c1-3-5-6-7-8-9-12-21-31-25-18-15-23(16-19-25)17-20-27-28(30-4-2)22-24-13-10-11-14-26(24)29-27/h10-11,13-20,22H,3-9,12,21H2,1-2H3/b20-17+. The molecule has 31 heavy (non-hydrogen) atoms. The number of nitrogens with zero attached hydrogens (tertiary/aromatic N) is 1. The van der Waals surface area contributed by atoms with Crippen molar-refractivity contribution in [3.8, 4) is 11.5 Å². The van der Waals surface area contributed by atoms with E-state index in [9.17, 15) is 0 Å². The molecule has 0 aliphatic heterocycles. The molecule has 0 aliphatic rings. The summed E-state index contributed by atoms with van der Waals surface area (Å²) < 4.78 is 11.7. The van der Waals surface area contributed by atoms with Crippen LogP contribution in [0.3, 0.4) is 0 Å². The molecule has 0 unspecified atom stereocenters. The highest BCUT2D eigenvalue weighted by molar-refractivity contribution is 5.83. The van der Waals surface area contributed by atoms with Crippen LogP contribution in [0, 0.1) is 0 Å². The molecule has 1 heterocycles. The lowest BCUT2D eigenvalue weighted by Crippen LogP contribution is -1.97. The molecule has 3 nitrogen and oxygen atoms in total. The molecule has 0 atom stereocenters. The van der Waals surface area contributed by atoms with Gasteiger partial charge in [-0.2, -0.15) is 0 Å². The van der Waals surface area contributed by atoms with Gasteiger partial charge in [-0.15, -0.1) is 0 Å². The van der Waals surface area contributed by atoms with E-state index in [0.717, 1.165) is 46.7 Å². The first-order chi connectivity index (χ1) is 15.3. The number of hydrogen-bond acceptors (Lipinski definition) is 3. The Morgan fingerprint density at radius 3 is 2.29 bits per heavy atom. The summed E-state index contributed by atoms with van der Waals surface area (Å²) in [7, 11) is 0. The van der Waals surface area contributed by atoms with Gasteiger partial charge in [0, 0.05) is 5.39 Å². The van der Waals surface area contributed by atoms with Gasteiger partial charge in [-0.05, 0) is 49.2 Å². The van der Waals surface area contributed by atoms with Crippen molar-refractivity contribution in [3.63, 3.8) is 0 Å². The summed E-state index contributed by atoms with van der Waals surface area (Å²) in [5.74, 6) is 1.74. The van der Waals surface area contributed by atoms with E-state index in [2.05, 4.69) is 37.3 Å². The Morgan fingerprint density at radius 1 is 0.774 bits per heavy atom. The van der Waals surface area contributed by atoms with Crippen molar-refractivity contribution in [1.82, 2.24) is 4.98 Å². The monoisotopic (exact) mass is 417 g/mol. The van der Waals surface area contributed by atoms with Crippen LogP contribution < -0.4 is 9.47 Å². The number of aromatic nitrogens is 1. The summed E-state index contributed by atoms with van der Waals surface area (Å²) in [6, 6.07) is 18.4. The van der Waals surface area contributed by atoms with Crippen molar-refractivity contribution in [2.45, 2.75) is 58.8 Å². The summed E-state index contributed by atoms with van der Waals surface area (Å²) in [5.41, 5.74) is 2.93. The number of fused-ring (bicyclic) bond motifs is 1. The van der Waals surface area contributed by atoms with Gasteiger partial charge in [0.15, 0.2) is 0 Å². The fourth-order valence-electron chi connectivity index (χ4n) is 3.60. The molecule has 2 aromatic carbocycles. The quantitative estimate of drug-likeness (QED) is 0.265. The molecule has 0 spiro atoms. The van der Waals surface area contributed by atoms with E-state index >= 15 is 0 Å².